The Labute approximate surface area is 139 Å². The predicted molar refractivity (Wildman–Crippen MR) is 89.3 cm³/mol. The number of halogens is 1. The van der Waals surface area contributed by atoms with Crippen molar-refractivity contribution in [3.05, 3.63) is 69.5 Å². The molecule has 2 N–H and O–H groups in total. The second-order valence-electron chi connectivity index (χ2n) is 5.74. The molecule has 24 heavy (non-hydrogen) atoms. The van der Waals surface area contributed by atoms with Crippen LogP contribution in [0.4, 0.5) is 10.1 Å². The number of nitrogens with one attached hydrogen (secondary N) is 1. The van der Waals surface area contributed by atoms with E-state index >= 15 is 0 Å². The van der Waals surface area contributed by atoms with Gasteiger partial charge in [-0.15, -0.1) is 0 Å². The number of phenols is 1. The molecule has 0 saturated carbocycles. The Morgan fingerprint density at radius 1 is 1.25 bits per heavy atom. The Hall–Kier alpha value is -2.51. The zero-order valence-electron chi connectivity index (χ0n) is 13.6. The van der Waals surface area contributed by atoms with E-state index in [1.165, 1.54) is 24.3 Å². The van der Waals surface area contributed by atoms with Crippen LogP contribution in [0.5, 0.6) is 5.75 Å². The molecular formula is C17H20FN3O3. The molecule has 6 nitrogen and oxygen atoms in total. The van der Waals surface area contributed by atoms with Crippen molar-refractivity contribution in [3.8, 4) is 5.75 Å². The summed E-state index contributed by atoms with van der Waals surface area (Å²) >= 11 is 0. The SMILES string of the molecule is CN(C)C(CNCc1ccc(O)c([N+](=O)[O-])c1)c1ccc(F)cc1. The number of phenolic OH excluding ortho intramolecular Hbond substituents is 1. The van der Waals surface area contributed by atoms with Crippen molar-refractivity contribution >= 4 is 5.69 Å². The summed E-state index contributed by atoms with van der Waals surface area (Å²) in [6.45, 7) is 1.01. The summed E-state index contributed by atoms with van der Waals surface area (Å²) in [6.07, 6.45) is 0. The van der Waals surface area contributed by atoms with E-state index in [9.17, 15) is 19.6 Å². The van der Waals surface area contributed by atoms with Gasteiger partial charge in [-0.05, 0) is 43.4 Å². The van der Waals surface area contributed by atoms with Crippen LogP contribution >= 0.6 is 0 Å². The summed E-state index contributed by atoms with van der Waals surface area (Å²) in [6, 6.07) is 10.7. The Morgan fingerprint density at radius 2 is 1.92 bits per heavy atom. The van der Waals surface area contributed by atoms with Crippen molar-refractivity contribution < 1.29 is 14.4 Å². The van der Waals surface area contributed by atoms with E-state index in [2.05, 4.69) is 5.32 Å². The highest BCUT2D eigenvalue weighted by atomic mass is 19.1. The monoisotopic (exact) mass is 333 g/mol. The molecule has 0 aliphatic carbocycles. The van der Waals surface area contributed by atoms with Crippen LogP contribution in [0.1, 0.15) is 17.2 Å². The van der Waals surface area contributed by atoms with E-state index in [-0.39, 0.29) is 23.3 Å². The van der Waals surface area contributed by atoms with Gasteiger partial charge >= 0.3 is 5.69 Å². The number of benzene rings is 2. The summed E-state index contributed by atoms with van der Waals surface area (Å²) < 4.78 is 13.1. The van der Waals surface area contributed by atoms with Gasteiger partial charge in [0.1, 0.15) is 5.82 Å². The Balaban J connectivity index is 2.02. The van der Waals surface area contributed by atoms with E-state index in [1.807, 2.05) is 19.0 Å². The van der Waals surface area contributed by atoms with E-state index in [0.29, 0.717) is 18.7 Å². The van der Waals surface area contributed by atoms with E-state index < -0.39 is 4.92 Å². The first-order valence-electron chi connectivity index (χ1n) is 7.47. The molecule has 0 aliphatic heterocycles. The molecule has 0 spiro atoms. The molecule has 1 atom stereocenters. The fourth-order valence-electron chi connectivity index (χ4n) is 2.46. The van der Waals surface area contributed by atoms with Crippen molar-refractivity contribution in [3.63, 3.8) is 0 Å². The van der Waals surface area contributed by atoms with E-state index in [1.54, 1.807) is 18.2 Å². The van der Waals surface area contributed by atoms with Crippen LogP contribution in [-0.4, -0.2) is 35.6 Å². The quantitative estimate of drug-likeness (QED) is 0.602. The van der Waals surface area contributed by atoms with Gasteiger partial charge in [-0.1, -0.05) is 18.2 Å². The van der Waals surface area contributed by atoms with Gasteiger partial charge in [0.25, 0.3) is 0 Å². The lowest BCUT2D eigenvalue weighted by molar-refractivity contribution is -0.385. The van der Waals surface area contributed by atoms with E-state index in [0.717, 1.165) is 5.56 Å². The molecule has 128 valence electrons. The summed E-state index contributed by atoms with van der Waals surface area (Å²) in [5, 5.41) is 23.6. The first-order chi connectivity index (χ1) is 11.4. The first-order valence-corrected chi connectivity index (χ1v) is 7.47. The average molecular weight is 333 g/mol. The van der Waals surface area contributed by atoms with Crippen LogP contribution in [-0.2, 0) is 6.54 Å². The van der Waals surface area contributed by atoms with Crippen molar-refractivity contribution in [2.45, 2.75) is 12.6 Å². The minimum Gasteiger partial charge on any atom is -0.502 e. The maximum absolute atomic E-state index is 13.1. The highest BCUT2D eigenvalue weighted by molar-refractivity contribution is 5.47. The van der Waals surface area contributed by atoms with Crippen molar-refractivity contribution in [2.24, 2.45) is 0 Å². The highest BCUT2D eigenvalue weighted by Crippen LogP contribution is 2.26. The summed E-state index contributed by atoms with van der Waals surface area (Å²) in [5.41, 5.74) is 1.37. The summed E-state index contributed by atoms with van der Waals surface area (Å²) in [7, 11) is 3.86. The van der Waals surface area contributed by atoms with Crippen molar-refractivity contribution in [1.82, 2.24) is 10.2 Å². The maximum Gasteiger partial charge on any atom is 0.311 e. The van der Waals surface area contributed by atoms with Crippen molar-refractivity contribution in [1.29, 1.82) is 0 Å². The van der Waals surface area contributed by atoms with Crippen LogP contribution in [0, 0.1) is 15.9 Å². The van der Waals surface area contributed by atoms with Gasteiger partial charge in [0.2, 0.25) is 0 Å². The third-order valence-corrected chi connectivity index (χ3v) is 3.78. The predicted octanol–water partition coefficient (Wildman–Crippen LogP) is 2.83. The van der Waals surface area contributed by atoms with Gasteiger partial charge in [-0.2, -0.15) is 0 Å². The van der Waals surface area contributed by atoms with E-state index in [4.69, 9.17) is 0 Å². The summed E-state index contributed by atoms with van der Waals surface area (Å²) in [5.74, 6) is -0.623. The molecule has 0 fully saturated rings. The lowest BCUT2D eigenvalue weighted by Gasteiger charge is -2.25. The standard InChI is InChI=1S/C17H20FN3O3/c1-20(2)16(13-4-6-14(18)7-5-13)11-19-10-12-3-8-17(22)15(9-12)21(23)24/h3-9,16,19,22H,10-11H2,1-2H3. The molecule has 2 aromatic carbocycles. The summed E-state index contributed by atoms with van der Waals surface area (Å²) in [4.78, 5) is 12.2. The van der Waals surface area contributed by atoms with Gasteiger partial charge < -0.3 is 15.3 Å². The number of hydrogen-bond donors (Lipinski definition) is 2. The van der Waals surface area contributed by atoms with Gasteiger partial charge in [0.05, 0.1) is 4.92 Å². The number of likely N-dealkylation sites (N-methyl/N-ethyl adjacent to an activating group) is 1. The molecule has 0 radical (unpaired) electrons. The molecule has 0 aromatic heterocycles. The number of nitrogens with zero attached hydrogens (tertiary/aromatic N) is 2. The highest BCUT2D eigenvalue weighted by Gasteiger charge is 2.15. The van der Waals surface area contributed by atoms with Crippen LogP contribution in [0.15, 0.2) is 42.5 Å². The molecule has 0 bridgehead atoms. The molecule has 1 unspecified atom stereocenters. The molecule has 7 heteroatoms. The second kappa shape index (κ2) is 7.85. The molecule has 2 rings (SSSR count). The smallest absolute Gasteiger partial charge is 0.311 e. The molecule has 0 aliphatic rings. The number of nitro groups is 1. The van der Waals surface area contributed by atoms with Crippen LogP contribution in [0.2, 0.25) is 0 Å². The fraction of sp³-hybridized carbons (Fsp3) is 0.294. The molecule has 0 amide bonds. The van der Waals surface area contributed by atoms with Gasteiger partial charge in [-0.25, -0.2) is 4.39 Å². The fourth-order valence-corrected chi connectivity index (χ4v) is 2.46. The zero-order chi connectivity index (χ0) is 17.7. The van der Waals surface area contributed by atoms with Gasteiger partial charge in [0, 0.05) is 25.2 Å². The first kappa shape index (κ1) is 17.8. The van der Waals surface area contributed by atoms with Crippen LogP contribution in [0.3, 0.4) is 0 Å². The average Bonchev–Trinajstić information content (AvgIpc) is 2.53. The minimum absolute atomic E-state index is 0.0395. The third kappa shape index (κ3) is 4.50. The van der Waals surface area contributed by atoms with Gasteiger partial charge in [-0.3, -0.25) is 10.1 Å². The van der Waals surface area contributed by atoms with Crippen LogP contribution in [0.25, 0.3) is 0 Å². The molecule has 0 heterocycles. The molecular weight excluding hydrogens is 313 g/mol. The molecule has 0 saturated heterocycles. The minimum atomic E-state index is -0.611. The third-order valence-electron chi connectivity index (χ3n) is 3.78. The zero-order valence-corrected chi connectivity index (χ0v) is 13.6. The number of aromatic hydroxyl groups is 1. The number of rotatable bonds is 7. The number of hydrogen-bond acceptors (Lipinski definition) is 5. The maximum atomic E-state index is 13.1. The van der Waals surface area contributed by atoms with Crippen molar-refractivity contribution in [2.75, 3.05) is 20.6 Å². The normalized spacial score (nSPS) is 12.3. The van der Waals surface area contributed by atoms with Gasteiger partial charge in [0.15, 0.2) is 5.75 Å². The topological polar surface area (TPSA) is 78.6 Å². The Morgan fingerprint density at radius 3 is 2.50 bits per heavy atom. The number of nitro benzene ring substituents is 1. The van der Waals surface area contributed by atoms with Crippen LogP contribution < -0.4 is 5.32 Å². The largest absolute Gasteiger partial charge is 0.502 e. The Bertz CT molecular complexity index is 705. The second-order valence-corrected chi connectivity index (χ2v) is 5.74. The lowest BCUT2D eigenvalue weighted by Crippen LogP contribution is -2.30. The lowest BCUT2D eigenvalue weighted by atomic mass is 10.1. The molecule has 2 aromatic rings. The Kier molecular flexibility index (Phi) is 5.83.